The van der Waals surface area contributed by atoms with Gasteiger partial charge in [-0.3, -0.25) is 14.5 Å². The van der Waals surface area contributed by atoms with E-state index in [-0.39, 0.29) is 11.3 Å². The summed E-state index contributed by atoms with van der Waals surface area (Å²) in [6.07, 6.45) is 1.72. The van der Waals surface area contributed by atoms with E-state index in [1.165, 1.54) is 4.90 Å². The van der Waals surface area contributed by atoms with Crippen LogP contribution >= 0.6 is 11.6 Å². The number of aliphatic hydroxyl groups excluding tert-OH is 1. The van der Waals surface area contributed by atoms with E-state index in [0.29, 0.717) is 22.9 Å². The van der Waals surface area contributed by atoms with Gasteiger partial charge in [0.25, 0.3) is 11.7 Å². The summed E-state index contributed by atoms with van der Waals surface area (Å²) in [5, 5.41) is 11.8. The van der Waals surface area contributed by atoms with Crippen LogP contribution in [0.25, 0.3) is 5.76 Å². The van der Waals surface area contributed by atoms with Gasteiger partial charge in [0.05, 0.1) is 18.2 Å². The number of rotatable bonds is 3. The first-order chi connectivity index (χ1) is 16.0. The number of hydrogen-bond donors (Lipinski definition) is 1. The van der Waals surface area contributed by atoms with Crippen molar-refractivity contribution in [2.45, 2.75) is 25.8 Å². The second-order valence-corrected chi connectivity index (χ2v) is 8.72. The number of aryl methyl sites for hydroxylation is 2. The number of Topliss-reactive ketones (excluding diaryl/α,β-unsaturated/α-hetero) is 1. The second kappa shape index (κ2) is 8.41. The number of halogens is 1. The Kier molecular flexibility index (Phi) is 5.43. The van der Waals surface area contributed by atoms with Crippen LogP contribution in [0, 0.1) is 6.92 Å². The zero-order valence-corrected chi connectivity index (χ0v) is 18.8. The molecule has 2 aliphatic heterocycles. The molecule has 0 spiro atoms. The van der Waals surface area contributed by atoms with Crippen LogP contribution in [0.4, 0.5) is 5.69 Å². The topological polar surface area (TPSA) is 66.8 Å². The van der Waals surface area contributed by atoms with Crippen LogP contribution in [-0.2, 0) is 16.0 Å². The molecular weight excluding hydrogens is 438 g/mol. The molecule has 2 aliphatic rings. The molecule has 3 aromatic carbocycles. The monoisotopic (exact) mass is 459 g/mol. The quantitative estimate of drug-likeness (QED) is 0.314. The van der Waals surface area contributed by atoms with Gasteiger partial charge in [0.2, 0.25) is 0 Å². The Morgan fingerprint density at radius 1 is 1.06 bits per heavy atom. The lowest BCUT2D eigenvalue weighted by Gasteiger charge is -2.27. The van der Waals surface area contributed by atoms with Gasteiger partial charge in [0.1, 0.15) is 11.5 Å². The van der Waals surface area contributed by atoms with Crippen LogP contribution in [0.5, 0.6) is 5.75 Å². The Labute approximate surface area is 196 Å². The molecule has 1 atom stereocenters. The maximum absolute atomic E-state index is 13.3. The van der Waals surface area contributed by atoms with Crippen molar-refractivity contribution in [3.05, 3.63) is 99.6 Å². The van der Waals surface area contributed by atoms with E-state index in [0.717, 1.165) is 35.3 Å². The van der Waals surface area contributed by atoms with Gasteiger partial charge in [-0.1, -0.05) is 48.0 Å². The summed E-state index contributed by atoms with van der Waals surface area (Å²) in [7, 11) is 0. The van der Waals surface area contributed by atoms with Crippen LogP contribution < -0.4 is 9.64 Å². The van der Waals surface area contributed by atoms with Gasteiger partial charge >= 0.3 is 0 Å². The number of amides is 1. The SMILES string of the molecule is Cc1ccc(Cl)cc1N1C(=O)C(=O)/C(=C(\O)c2ccc3c(c2)CCCO3)C1c1ccccc1. The van der Waals surface area contributed by atoms with E-state index in [1.54, 1.807) is 24.3 Å². The van der Waals surface area contributed by atoms with Crippen molar-refractivity contribution in [3.8, 4) is 5.75 Å². The highest BCUT2D eigenvalue weighted by molar-refractivity contribution is 6.52. The van der Waals surface area contributed by atoms with Crippen LogP contribution in [-0.4, -0.2) is 23.4 Å². The first-order valence-electron chi connectivity index (χ1n) is 10.8. The van der Waals surface area contributed by atoms with Crippen LogP contribution in [0.2, 0.25) is 5.02 Å². The molecule has 0 bridgehead atoms. The lowest BCUT2D eigenvalue weighted by atomic mass is 9.93. The molecule has 0 aromatic heterocycles. The number of fused-ring (bicyclic) bond motifs is 1. The van der Waals surface area contributed by atoms with Gasteiger partial charge in [0.15, 0.2) is 0 Å². The fourth-order valence-corrected chi connectivity index (χ4v) is 4.70. The zero-order valence-electron chi connectivity index (χ0n) is 18.0. The molecule has 1 amide bonds. The minimum atomic E-state index is -0.782. The van der Waals surface area contributed by atoms with E-state index in [2.05, 4.69) is 0 Å². The minimum Gasteiger partial charge on any atom is -0.507 e. The number of ketones is 1. The number of nitrogens with zero attached hydrogens (tertiary/aromatic N) is 1. The molecule has 0 saturated carbocycles. The van der Waals surface area contributed by atoms with E-state index < -0.39 is 17.7 Å². The van der Waals surface area contributed by atoms with Crippen LogP contribution in [0.15, 0.2) is 72.3 Å². The summed E-state index contributed by atoms with van der Waals surface area (Å²) in [4.78, 5) is 28.0. The number of anilines is 1. The number of carbonyl (C=O) groups excluding carboxylic acids is 2. The molecule has 2 heterocycles. The lowest BCUT2D eigenvalue weighted by Crippen LogP contribution is -2.30. The average Bonchev–Trinajstić information content (AvgIpc) is 3.10. The molecule has 0 aliphatic carbocycles. The fourth-order valence-electron chi connectivity index (χ4n) is 4.54. The van der Waals surface area contributed by atoms with E-state index >= 15 is 0 Å². The van der Waals surface area contributed by atoms with Crippen molar-refractivity contribution in [2.75, 3.05) is 11.5 Å². The molecule has 3 aromatic rings. The molecule has 0 radical (unpaired) electrons. The smallest absolute Gasteiger partial charge is 0.300 e. The summed E-state index contributed by atoms with van der Waals surface area (Å²) in [6.45, 7) is 2.52. The number of hydrogen-bond acceptors (Lipinski definition) is 4. The van der Waals surface area contributed by atoms with Crippen molar-refractivity contribution >= 4 is 34.7 Å². The molecule has 1 N–H and O–H groups in total. The van der Waals surface area contributed by atoms with Crippen molar-refractivity contribution in [1.29, 1.82) is 0 Å². The molecule has 6 heteroatoms. The van der Waals surface area contributed by atoms with E-state index in [1.807, 2.05) is 49.4 Å². The third-order valence-corrected chi connectivity index (χ3v) is 6.41. The summed E-state index contributed by atoms with van der Waals surface area (Å²) in [5.74, 6) is -0.836. The van der Waals surface area contributed by atoms with Crippen molar-refractivity contribution in [3.63, 3.8) is 0 Å². The Morgan fingerprint density at radius 3 is 2.64 bits per heavy atom. The Bertz CT molecular complexity index is 1300. The fraction of sp³-hybridized carbons (Fsp3) is 0.185. The third-order valence-electron chi connectivity index (χ3n) is 6.17. The number of benzene rings is 3. The second-order valence-electron chi connectivity index (χ2n) is 8.29. The van der Waals surface area contributed by atoms with Gasteiger partial charge in [-0.25, -0.2) is 0 Å². The highest BCUT2D eigenvalue weighted by atomic mass is 35.5. The normalized spacial score (nSPS) is 19.3. The standard InChI is InChI=1S/C27H22ClNO4/c1-16-9-11-20(28)15-21(16)29-24(17-6-3-2-4-7-17)23(26(31)27(29)32)25(30)19-10-12-22-18(14-19)8-5-13-33-22/h2-4,6-7,9-12,14-15,24,30H,5,8,13H2,1H3/b25-23-. The van der Waals surface area contributed by atoms with Crippen molar-refractivity contribution < 1.29 is 19.4 Å². The van der Waals surface area contributed by atoms with Gasteiger partial charge in [-0.15, -0.1) is 0 Å². The number of aliphatic hydroxyl groups is 1. The predicted octanol–water partition coefficient (Wildman–Crippen LogP) is 5.60. The molecule has 1 unspecified atom stereocenters. The summed E-state index contributed by atoms with van der Waals surface area (Å²) in [5.41, 5.74) is 3.58. The number of carbonyl (C=O) groups is 2. The highest BCUT2D eigenvalue weighted by Crippen LogP contribution is 2.44. The van der Waals surface area contributed by atoms with Crippen molar-refractivity contribution in [1.82, 2.24) is 0 Å². The molecule has 33 heavy (non-hydrogen) atoms. The molecule has 166 valence electrons. The summed E-state index contributed by atoms with van der Waals surface area (Å²) < 4.78 is 5.67. The first kappa shape index (κ1) is 21.3. The predicted molar refractivity (Wildman–Crippen MR) is 128 cm³/mol. The Balaban J connectivity index is 1.71. The average molecular weight is 460 g/mol. The van der Waals surface area contributed by atoms with E-state index in [4.69, 9.17) is 16.3 Å². The minimum absolute atomic E-state index is 0.0576. The third kappa shape index (κ3) is 3.68. The van der Waals surface area contributed by atoms with Gasteiger partial charge in [-0.2, -0.15) is 0 Å². The van der Waals surface area contributed by atoms with E-state index in [9.17, 15) is 14.7 Å². The van der Waals surface area contributed by atoms with Gasteiger partial charge in [-0.05, 0) is 66.8 Å². The maximum Gasteiger partial charge on any atom is 0.300 e. The van der Waals surface area contributed by atoms with Crippen molar-refractivity contribution in [2.24, 2.45) is 0 Å². The van der Waals surface area contributed by atoms with Gasteiger partial charge in [0, 0.05) is 16.3 Å². The number of ether oxygens (including phenoxy) is 1. The first-order valence-corrected chi connectivity index (χ1v) is 11.2. The molecule has 5 rings (SSSR count). The van der Waals surface area contributed by atoms with Crippen LogP contribution in [0.3, 0.4) is 0 Å². The highest BCUT2D eigenvalue weighted by Gasteiger charge is 2.47. The molecule has 1 fully saturated rings. The lowest BCUT2D eigenvalue weighted by molar-refractivity contribution is -0.132. The van der Waals surface area contributed by atoms with Crippen LogP contribution in [0.1, 0.15) is 34.7 Å². The Hall–Kier alpha value is -3.57. The van der Waals surface area contributed by atoms with Gasteiger partial charge < -0.3 is 9.84 Å². The molecule has 1 saturated heterocycles. The zero-order chi connectivity index (χ0) is 23.1. The largest absolute Gasteiger partial charge is 0.507 e. The Morgan fingerprint density at radius 2 is 1.85 bits per heavy atom. The molecule has 5 nitrogen and oxygen atoms in total. The summed E-state index contributed by atoms with van der Waals surface area (Å²) >= 11 is 6.24. The summed E-state index contributed by atoms with van der Waals surface area (Å²) in [6, 6.07) is 19.0. The maximum atomic E-state index is 13.3. The molecular formula is C27H22ClNO4.